The molecule has 0 spiro atoms. The van der Waals surface area contributed by atoms with Crippen LogP contribution < -0.4 is 10.9 Å². The molecule has 1 N–H and O–H groups in total. The van der Waals surface area contributed by atoms with Gasteiger partial charge >= 0.3 is 0 Å². The molecule has 1 saturated heterocycles. The Balaban J connectivity index is 1.48. The maximum absolute atomic E-state index is 12.4. The summed E-state index contributed by atoms with van der Waals surface area (Å²) >= 11 is 0. The first-order chi connectivity index (χ1) is 12.5. The Bertz CT molecular complexity index is 811. The highest BCUT2D eigenvalue weighted by Gasteiger charge is 2.20. The molecule has 2 aromatic rings. The van der Waals surface area contributed by atoms with Crippen LogP contribution in [0.2, 0.25) is 0 Å². The number of benzene rings is 1. The lowest BCUT2D eigenvalue weighted by Gasteiger charge is -2.35. The Morgan fingerprint density at radius 2 is 2.04 bits per heavy atom. The summed E-state index contributed by atoms with van der Waals surface area (Å²) in [6.07, 6.45) is 2.67. The van der Waals surface area contributed by atoms with Crippen molar-refractivity contribution in [1.82, 2.24) is 25.2 Å². The summed E-state index contributed by atoms with van der Waals surface area (Å²) < 4.78 is 1.26. The van der Waals surface area contributed by atoms with Gasteiger partial charge in [-0.15, -0.1) is 5.10 Å². The fourth-order valence-corrected chi connectivity index (χ4v) is 3.33. The summed E-state index contributed by atoms with van der Waals surface area (Å²) in [5, 5.41) is 11.5. The smallest absolute Gasteiger partial charge is 0.277 e. The standard InChI is InChI=1S/C19H27N5O2/c1-14-7-10-23(11-8-14)15(2)13-20-18(25)9-12-24-19(26)16-5-3-4-6-17(16)21-22-24/h3-6,14-15H,7-13H2,1-2H3,(H,20,25)/t15-/m1/s1. The average molecular weight is 357 g/mol. The number of piperidine rings is 1. The van der Waals surface area contributed by atoms with Crippen molar-refractivity contribution in [2.24, 2.45) is 5.92 Å². The molecule has 1 aliphatic heterocycles. The van der Waals surface area contributed by atoms with Crippen LogP contribution in [0.5, 0.6) is 0 Å². The quantitative estimate of drug-likeness (QED) is 0.846. The zero-order chi connectivity index (χ0) is 18.5. The van der Waals surface area contributed by atoms with Crippen molar-refractivity contribution in [3.05, 3.63) is 34.6 Å². The van der Waals surface area contributed by atoms with Crippen molar-refractivity contribution in [3.8, 4) is 0 Å². The van der Waals surface area contributed by atoms with E-state index in [4.69, 9.17) is 0 Å². The van der Waals surface area contributed by atoms with E-state index in [9.17, 15) is 9.59 Å². The van der Waals surface area contributed by atoms with E-state index in [-0.39, 0.29) is 24.4 Å². The number of likely N-dealkylation sites (tertiary alicyclic amines) is 1. The van der Waals surface area contributed by atoms with Crippen molar-refractivity contribution in [3.63, 3.8) is 0 Å². The molecule has 1 aliphatic rings. The zero-order valence-corrected chi connectivity index (χ0v) is 15.5. The highest BCUT2D eigenvalue weighted by Crippen LogP contribution is 2.17. The van der Waals surface area contributed by atoms with E-state index in [1.54, 1.807) is 18.2 Å². The topological polar surface area (TPSA) is 80.1 Å². The van der Waals surface area contributed by atoms with Crippen molar-refractivity contribution < 1.29 is 4.79 Å². The van der Waals surface area contributed by atoms with Crippen LogP contribution in [0.25, 0.3) is 10.9 Å². The normalized spacial score (nSPS) is 17.3. The minimum absolute atomic E-state index is 0.0657. The molecule has 1 fully saturated rings. The number of hydrogen-bond acceptors (Lipinski definition) is 5. The number of nitrogens with one attached hydrogen (secondary N) is 1. The van der Waals surface area contributed by atoms with E-state index in [0.29, 0.717) is 23.5 Å². The first-order valence-corrected chi connectivity index (χ1v) is 9.38. The second kappa shape index (κ2) is 8.40. The maximum Gasteiger partial charge on any atom is 0.277 e. The molecular weight excluding hydrogens is 330 g/mol. The van der Waals surface area contributed by atoms with Gasteiger partial charge in [-0.1, -0.05) is 24.3 Å². The van der Waals surface area contributed by atoms with E-state index in [1.807, 2.05) is 6.07 Å². The number of hydrogen-bond donors (Lipinski definition) is 1. The Morgan fingerprint density at radius 1 is 1.31 bits per heavy atom. The summed E-state index contributed by atoms with van der Waals surface area (Å²) in [4.78, 5) is 26.9. The molecule has 2 heterocycles. The van der Waals surface area contributed by atoms with Crippen LogP contribution in [-0.2, 0) is 11.3 Å². The van der Waals surface area contributed by atoms with E-state index >= 15 is 0 Å². The number of fused-ring (bicyclic) bond motifs is 1. The van der Waals surface area contributed by atoms with Crippen LogP contribution in [0, 0.1) is 5.92 Å². The number of aryl methyl sites for hydroxylation is 1. The lowest BCUT2D eigenvalue weighted by Crippen LogP contribution is -2.45. The first-order valence-electron chi connectivity index (χ1n) is 9.38. The van der Waals surface area contributed by atoms with E-state index < -0.39 is 0 Å². The molecule has 1 aromatic carbocycles. The van der Waals surface area contributed by atoms with Crippen LogP contribution in [-0.4, -0.2) is 51.5 Å². The van der Waals surface area contributed by atoms with Crippen LogP contribution in [0.4, 0.5) is 0 Å². The monoisotopic (exact) mass is 357 g/mol. The summed E-state index contributed by atoms with van der Waals surface area (Å²) in [5.41, 5.74) is 0.363. The fraction of sp³-hybridized carbons (Fsp3) is 0.579. The molecular formula is C19H27N5O2. The Labute approximate surface area is 153 Å². The molecule has 0 bridgehead atoms. The van der Waals surface area contributed by atoms with Crippen LogP contribution in [0.1, 0.15) is 33.1 Å². The molecule has 7 nitrogen and oxygen atoms in total. The molecule has 0 saturated carbocycles. The summed E-state index contributed by atoms with van der Waals surface area (Å²) in [7, 11) is 0. The van der Waals surface area contributed by atoms with Gasteiger partial charge in [-0.3, -0.25) is 14.5 Å². The van der Waals surface area contributed by atoms with Gasteiger partial charge in [-0.25, -0.2) is 4.68 Å². The third-order valence-electron chi connectivity index (χ3n) is 5.22. The number of carbonyl (C=O) groups excluding carboxylic acids is 1. The van der Waals surface area contributed by atoms with Gasteiger partial charge in [-0.2, -0.15) is 0 Å². The minimum Gasteiger partial charge on any atom is -0.354 e. The Hall–Kier alpha value is -2.28. The lowest BCUT2D eigenvalue weighted by molar-refractivity contribution is -0.121. The Kier molecular flexibility index (Phi) is 5.98. The third-order valence-corrected chi connectivity index (χ3v) is 5.22. The molecule has 140 valence electrons. The number of amides is 1. The van der Waals surface area contributed by atoms with Crippen LogP contribution in [0.15, 0.2) is 29.1 Å². The second-order valence-corrected chi connectivity index (χ2v) is 7.26. The highest BCUT2D eigenvalue weighted by atomic mass is 16.2. The van der Waals surface area contributed by atoms with E-state index in [2.05, 4.69) is 34.4 Å². The van der Waals surface area contributed by atoms with E-state index in [0.717, 1.165) is 19.0 Å². The molecule has 1 atom stereocenters. The lowest BCUT2D eigenvalue weighted by atomic mass is 9.98. The average Bonchev–Trinajstić information content (AvgIpc) is 2.66. The summed E-state index contributed by atoms with van der Waals surface area (Å²) in [6, 6.07) is 7.42. The maximum atomic E-state index is 12.4. The number of nitrogens with zero attached hydrogens (tertiary/aromatic N) is 4. The number of aromatic nitrogens is 3. The predicted molar refractivity (Wildman–Crippen MR) is 101 cm³/mol. The molecule has 0 radical (unpaired) electrons. The van der Waals surface area contributed by atoms with Crippen molar-refractivity contribution >= 4 is 16.8 Å². The molecule has 0 aliphatic carbocycles. The Morgan fingerprint density at radius 3 is 2.81 bits per heavy atom. The predicted octanol–water partition coefficient (Wildman–Crippen LogP) is 1.42. The van der Waals surface area contributed by atoms with Gasteiger partial charge in [0.2, 0.25) is 5.91 Å². The first kappa shape index (κ1) is 18.5. The molecule has 0 unspecified atom stereocenters. The largest absolute Gasteiger partial charge is 0.354 e. The summed E-state index contributed by atoms with van der Waals surface area (Å²) in [5.74, 6) is 0.735. The zero-order valence-electron chi connectivity index (χ0n) is 15.5. The van der Waals surface area contributed by atoms with Crippen LogP contribution >= 0.6 is 0 Å². The van der Waals surface area contributed by atoms with Crippen molar-refractivity contribution in [1.29, 1.82) is 0 Å². The van der Waals surface area contributed by atoms with Gasteiger partial charge in [0.1, 0.15) is 5.52 Å². The third kappa shape index (κ3) is 4.46. The molecule has 1 aromatic heterocycles. The van der Waals surface area contributed by atoms with E-state index in [1.165, 1.54) is 17.5 Å². The van der Waals surface area contributed by atoms with Crippen molar-refractivity contribution in [2.75, 3.05) is 19.6 Å². The molecule has 1 amide bonds. The molecule has 3 rings (SSSR count). The van der Waals surface area contributed by atoms with Gasteiger partial charge in [0.25, 0.3) is 5.56 Å². The highest BCUT2D eigenvalue weighted by molar-refractivity contribution is 5.77. The molecule has 7 heteroatoms. The number of rotatable bonds is 6. The van der Waals surface area contributed by atoms with Gasteiger partial charge < -0.3 is 5.32 Å². The van der Waals surface area contributed by atoms with Crippen LogP contribution in [0.3, 0.4) is 0 Å². The van der Waals surface area contributed by atoms with Gasteiger partial charge in [0, 0.05) is 19.0 Å². The SMILES string of the molecule is CC1CCN([C@H](C)CNC(=O)CCn2nnc3ccccc3c2=O)CC1. The van der Waals surface area contributed by atoms with Gasteiger partial charge in [0.15, 0.2) is 0 Å². The fourth-order valence-electron chi connectivity index (χ4n) is 3.33. The second-order valence-electron chi connectivity index (χ2n) is 7.26. The minimum atomic E-state index is -0.209. The summed E-state index contributed by atoms with van der Waals surface area (Å²) in [6.45, 7) is 7.50. The van der Waals surface area contributed by atoms with Crippen molar-refractivity contribution in [2.45, 2.75) is 45.7 Å². The van der Waals surface area contributed by atoms with Gasteiger partial charge in [0.05, 0.1) is 11.9 Å². The molecule has 26 heavy (non-hydrogen) atoms. The number of carbonyl (C=O) groups is 1. The van der Waals surface area contributed by atoms with Gasteiger partial charge in [-0.05, 0) is 50.9 Å².